The summed E-state index contributed by atoms with van der Waals surface area (Å²) >= 11 is 0. The molecule has 6 heteroatoms. The van der Waals surface area contributed by atoms with Crippen LogP contribution in [0, 0.1) is 5.92 Å². The van der Waals surface area contributed by atoms with Crippen molar-refractivity contribution < 1.29 is 14.3 Å². The van der Waals surface area contributed by atoms with E-state index in [2.05, 4.69) is 14.9 Å². The lowest BCUT2D eigenvalue weighted by Gasteiger charge is -2.22. The summed E-state index contributed by atoms with van der Waals surface area (Å²) in [6.45, 7) is 1.80. The van der Waals surface area contributed by atoms with E-state index in [9.17, 15) is 4.79 Å². The number of hydrogen-bond acceptors (Lipinski definition) is 4. The highest BCUT2D eigenvalue weighted by molar-refractivity contribution is 5.78. The van der Waals surface area contributed by atoms with Crippen LogP contribution in [-0.2, 0) is 17.8 Å². The summed E-state index contributed by atoms with van der Waals surface area (Å²) in [7, 11) is 1.63. The highest BCUT2D eigenvalue weighted by atomic mass is 16.5. The maximum absolute atomic E-state index is 12.2. The molecule has 3 rings (SSSR count). The molecule has 0 bridgehead atoms. The van der Waals surface area contributed by atoms with Gasteiger partial charge >= 0.3 is 0 Å². The van der Waals surface area contributed by atoms with Gasteiger partial charge in [-0.05, 0) is 30.7 Å². The molecule has 0 aliphatic carbocycles. The molecule has 0 radical (unpaired) electrons. The molecule has 1 aromatic heterocycles. The second kappa shape index (κ2) is 7.17. The topological polar surface area (TPSA) is 65.4 Å². The fourth-order valence-electron chi connectivity index (χ4n) is 2.73. The molecule has 0 saturated heterocycles. The number of carbonyl (C=O) groups excluding carboxylic acids is 1. The predicted octanol–water partition coefficient (Wildman–Crippen LogP) is 1.65. The number of rotatable bonds is 6. The number of nitrogens with one attached hydrogen (secondary N) is 1. The van der Waals surface area contributed by atoms with Gasteiger partial charge in [-0.2, -0.15) is 0 Å². The Kier molecular flexibility index (Phi) is 4.80. The molecule has 1 atom stereocenters. The maximum Gasteiger partial charge on any atom is 0.223 e. The molecule has 23 heavy (non-hydrogen) atoms. The summed E-state index contributed by atoms with van der Waals surface area (Å²) in [5.74, 6) is 2.63. The van der Waals surface area contributed by atoms with Crippen LogP contribution in [0.3, 0.4) is 0 Å². The summed E-state index contributed by atoms with van der Waals surface area (Å²) in [5.41, 5.74) is 0. The van der Waals surface area contributed by atoms with Crippen LogP contribution in [0.4, 0.5) is 0 Å². The molecular formula is C17H21N3O3. The van der Waals surface area contributed by atoms with Gasteiger partial charge in [0.25, 0.3) is 0 Å². The van der Waals surface area contributed by atoms with E-state index in [4.69, 9.17) is 9.47 Å². The number of amides is 1. The minimum absolute atomic E-state index is 0.00545. The van der Waals surface area contributed by atoms with E-state index in [1.165, 1.54) is 0 Å². The van der Waals surface area contributed by atoms with Gasteiger partial charge in [0, 0.05) is 31.3 Å². The Morgan fingerprint density at radius 3 is 2.91 bits per heavy atom. The first-order valence-corrected chi connectivity index (χ1v) is 7.81. The molecule has 1 unspecified atom stereocenters. The molecule has 1 aromatic carbocycles. The fourth-order valence-corrected chi connectivity index (χ4v) is 2.73. The van der Waals surface area contributed by atoms with Crippen LogP contribution in [0.25, 0.3) is 0 Å². The molecule has 2 aromatic rings. The van der Waals surface area contributed by atoms with Gasteiger partial charge in [-0.1, -0.05) is 0 Å². The third-order valence-corrected chi connectivity index (χ3v) is 4.05. The van der Waals surface area contributed by atoms with E-state index in [1.807, 2.05) is 30.5 Å². The Morgan fingerprint density at radius 2 is 2.13 bits per heavy atom. The standard InChI is InChI=1S/C17H21N3O3/c1-22-14-2-4-15(5-3-14)23-11-8-19-17(21)13-6-9-20-10-7-18-16(20)12-13/h2-5,7,10,13H,6,8-9,11-12H2,1H3,(H,19,21). The monoisotopic (exact) mass is 315 g/mol. The molecule has 0 saturated carbocycles. The van der Waals surface area contributed by atoms with Gasteiger partial charge in [-0.3, -0.25) is 4.79 Å². The molecule has 122 valence electrons. The van der Waals surface area contributed by atoms with Crippen molar-refractivity contribution in [3.8, 4) is 11.5 Å². The van der Waals surface area contributed by atoms with E-state index in [0.29, 0.717) is 19.6 Å². The van der Waals surface area contributed by atoms with Crippen molar-refractivity contribution in [1.29, 1.82) is 0 Å². The lowest BCUT2D eigenvalue weighted by atomic mass is 9.97. The Morgan fingerprint density at radius 1 is 1.35 bits per heavy atom. The minimum atomic E-state index is 0.00545. The molecular weight excluding hydrogens is 294 g/mol. The lowest BCUT2D eigenvalue weighted by Crippen LogP contribution is -2.37. The number of imidazole rings is 1. The van der Waals surface area contributed by atoms with E-state index < -0.39 is 0 Å². The molecule has 1 aliphatic rings. The molecule has 1 N–H and O–H groups in total. The Labute approximate surface area is 135 Å². The molecule has 6 nitrogen and oxygen atoms in total. The van der Waals surface area contributed by atoms with Gasteiger partial charge in [0.2, 0.25) is 5.91 Å². The molecule has 2 heterocycles. The highest BCUT2D eigenvalue weighted by Crippen LogP contribution is 2.19. The van der Waals surface area contributed by atoms with E-state index in [0.717, 1.165) is 30.3 Å². The third kappa shape index (κ3) is 3.83. The smallest absolute Gasteiger partial charge is 0.223 e. The average Bonchev–Trinajstić information content (AvgIpc) is 3.06. The minimum Gasteiger partial charge on any atom is -0.497 e. The van der Waals surface area contributed by atoms with Gasteiger partial charge in [0.15, 0.2) is 0 Å². The molecule has 1 aliphatic heterocycles. The highest BCUT2D eigenvalue weighted by Gasteiger charge is 2.24. The second-order valence-electron chi connectivity index (χ2n) is 5.54. The molecule has 0 spiro atoms. The first-order chi connectivity index (χ1) is 11.3. The summed E-state index contributed by atoms with van der Waals surface area (Å²) in [6.07, 6.45) is 5.32. The van der Waals surface area contributed by atoms with Gasteiger partial charge in [-0.15, -0.1) is 0 Å². The summed E-state index contributed by atoms with van der Waals surface area (Å²) < 4.78 is 12.8. The van der Waals surface area contributed by atoms with Crippen LogP contribution < -0.4 is 14.8 Å². The lowest BCUT2D eigenvalue weighted by molar-refractivity contribution is -0.125. The number of nitrogens with zero attached hydrogens (tertiary/aromatic N) is 2. The van der Waals surface area contributed by atoms with Crippen LogP contribution in [0.1, 0.15) is 12.2 Å². The molecule has 0 fully saturated rings. The van der Waals surface area contributed by atoms with Gasteiger partial charge < -0.3 is 19.4 Å². The number of aromatic nitrogens is 2. The summed E-state index contributed by atoms with van der Waals surface area (Å²) in [6, 6.07) is 7.39. The normalized spacial score (nSPS) is 16.5. The van der Waals surface area contributed by atoms with Crippen LogP contribution in [-0.4, -0.2) is 35.7 Å². The Balaban J connectivity index is 1.39. The number of carbonyl (C=O) groups is 1. The number of ether oxygens (including phenoxy) is 2. The zero-order valence-electron chi connectivity index (χ0n) is 13.2. The van der Waals surface area contributed by atoms with Crippen LogP contribution in [0.5, 0.6) is 11.5 Å². The number of methoxy groups -OCH3 is 1. The zero-order valence-corrected chi connectivity index (χ0v) is 13.2. The maximum atomic E-state index is 12.2. The first kappa shape index (κ1) is 15.4. The second-order valence-corrected chi connectivity index (χ2v) is 5.54. The SMILES string of the molecule is COc1ccc(OCCNC(=O)C2CCn3ccnc3C2)cc1. The van der Waals surface area contributed by atoms with Crippen molar-refractivity contribution >= 4 is 5.91 Å². The van der Waals surface area contributed by atoms with Crippen molar-refractivity contribution in [1.82, 2.24) is 14.9 Å². The van der Waals surface area contributed by atoms with Crippen molar-refractivity contribution in [2.45, 2.75) is 19.4 Å². The van der Waals surface area contributed by atoms with Crippen molar-refractivity contribution in [3.05, 3.63) is 42.5 Å². The van der Waals surface area contributed by atoms with Crippen molar-refractivity contribution in [2.75, 3.05) is 20.3 Å². The number of aryl methyl sites for hydroxylation is 1. The third-order valence-electron chi connectivity index (χ3n) is 4.05. The Bertz CT molecular complexity index is 651. The van der Waals surface area contributed by atoms with Crippen LogP contribution in [0.15, 0.2) is 36.7 Å². The van der Waals surface area contributed by atoms with Crippen molar-refractivity contribution in [2.24, 2.45) is 5.92 Å². The zero-order chi connectivity index (χ0) is 16.1. The van der Waals surface area contributed by atoms with Crippen molar-refractivity contribution in [3.63, 3.8) is 0 Å². The van der Waals surface area contributed by atoms with Crippen LogP contribution >= 0.6 is 0 Å². The first-order valence-electron chi connectivity index (χ1n) is 7.81. The van der Waals surface area contributed by atoms with Gasteiger partial charge in [0.05, 0.1) is 13.7 Å². The van der Waals surface area contributed by atoms with E-state index >= 15 is 0 Å². The van der Waals surface area contributed by atoms with E-state index in [-0.39, 0.29) is 11.8 Å². The van der Waals surface area contributed by atoms with Crippen LogP contribution in [0.2, 0.25) is 0 Å². The number of hydrogen-bond donors (Lipinski definition) is 1. The predicted molar refractivity (Wildman–Crippen MR) is 85.5 cm³/mol. The van der Waals surface area contributed by atoms with E-state index in [1.54, 1.807) is 13.3 Å². The summed E-state index contributed by atoms with van der Waals surface area (Å²) in [4.78, 5) is 16.5. The quantitative estimate of drug-likeness (QED) is 0.823. The van der Waals surface area contributed by atoms with Gasteiger partial charge in [0.1, 0.15) is 23.9 Å². The fraction of sp³-hybridized carbons (Fsp3) is 0.412. The Hall–Kier alpha value is -2.50. The van der Waals surface area contributed by atoms with Gasteiger partial charge in [-0.25, -0.2) is 4.98 Å². The number of benzene rings is 1. The largest absolute Gasteiger partial charge is 0.497 e. The molecule has 1 amide bonds. The number of fused-ring (bicyclic) bond motifs is 1. The summed E-state index contributed by atoms with van der Waals surface area (Å²) in [5, 5.41) is 2.94. The average molecular weight is 315 g/mol.